The zero-order valence-electron chi connectivity index (χ0n) is 17.0. The lowest BCUT2D eigenvalue weighted by atomic mass is 9.74. The standard InChI is InChI=1S/C22H24Cl2N4O2/c1-22(2)10-18(26-21(29)7-6-16-9-20(24)27-30-16)17-12-25-28(19(17)11-22)13-14-4-3-5-15(23)8-14/h3-5,8-9,12,18H,6-7,10-11,13H2,1-2H3,(H,26,29)/t18-/m1/s1. The molecule has 1 N–H and O–H groups in total. The van der Waals surface area contributed by atoms with Crippen molar-refractivity contribution in [3.8, 4) is 0 Å². The Morgan fingerprint density at radius 3 is 2.90 bits per heavy atom. The highest BCUT2D eigenvalue weighted by Crippen LogP contribution is 2.41. The highest BCUT2D eigenvalue weighted by molar-refractivity contribution is 6.30. The van der Waals surface area contributed by atoms with Crippen molar-refractivity contribution in [3.05, 3.63) is 69.3 Å². The lowest BCUT2D eigenvalue weighted by molar-refractivity contribution is -0.122. The van der Waals surface area contributed by atoms with Gasteiger partial charge in [-0.3, -0.25) is 9.48 Å². The van der Waals surface area contributed by atoms with Crippen molar-refractivity contribution in [2.45, 2.75) is 52.1 Å². The number of aromatic nitrogens is 3. The normalized spacial score (nSPS) is 17.5. The lowest BCUT2D eigenvalue weighted by Crippen LogP contribution is -2.37. The van der Waals surface area contributed by atoms with Gasteiger partial charge < -0.3 is 9.84 Å². The van der Waals surface area contributed by atoms with Crippen molar-refractivity contribution in [2.75, 3.05) is 0 Å². The SMILES string of the molecule is CC1(C)Cc2c(cnn2Cc2cccc(Cl)c2)[C@H](NC(=O)CCc2cc(Cl)no2)C1. The van der Waals surface area contributed by atoms with Gasteiger partial charge in [0.1, 0.15) is 5.76 Å². The summed E-state index contributed by atoms with van der Waals surface area (Å²) in [6.45, 7) is 5.10. The van der Waals surface area contributed by atoms with E-state index in [2.05, 4.69) is 29.4 Å². The predicted molar refractivity (Wildman–Crippen MR) is 116 cm³/mol. The summed E-state index contributed by atoms with van der Waals surface area (Å²) < 4.78 is 7.10. The molecule has 2 heterocycles. The number of carbonyl (C=O) groups excluding carboxylic acids is 1. The Kier molecular flexibility index (Phi) is 5.89. The summed E-state index contributed by atoms with van der Waals surface area (Å²) in [5.41, 5.74) is 3.41. The minimum absolute atomic E-state index is 0.0289. The van der Waals surface area contributed by atoms with Gasteiger partial charge in [-0.05, 0) is 36.0 Å². The van der Waals surface area contributed by atoms with Crippen LogP contribution in [0.5, 0.6) is 0 Å². The van der Waals surface area contributed by atoms with Crippen molar-refractivity contribution in [2.24, 2.45) is 5.41 Å². The molecule has 0 bridgehead atoms. The molecule has 1 aliphatic rings. The average molecular weight is 447 g/mol. The summed E-state index contributed by atoms with van der Waals surface area (Å²) in [4.78, 5) is 12.6. The van der Waals surface area contributed by atoms with Crippen molar-refractivity contribution in [1.82, 2.24) is 20.3 Å². The van der Waals surface area contributed by atoms with E-state index in [1.54, 1.807) is 6.07 Å². The van der Waals surface area contributed by atoms with Gasteiger partial charge in [0.05, 0.1) is 18.8 Å². The molecule has 0 saturated heterocycles. The molecule has 30 heavy (non-hydrogen) atoms. The molecular weight excluding hydrogens is 423 g/mol. The van der Waals surface area contributed by atoms with Crippen molar-refractivity contribution in [3.63, 3.8) is 0 Å². The maximum atomic E-state index is 12.6. The first-order valence-corrected chi connectivity index (χ1v) is 10.7. The van der Waals surface area contributed by atoms with Crippen LogP contribution < -0.4 is 5.32 Å². The van der Waals surface area contributed by atoms with Gasteiger partial charge in [-0.15, -0.1) is 0 Å². The number of carbonyl (C=O) groups is 1. The average Bonchev–Trinajstić information content (AvgIpc) is 3.26. The Balaban J connectivity index is 1.49. The minimum atomic E-state index is -0.0670. The molecule has 3 aromatic rings. The molecule has 4 rings (SSSR count). The first-order valence-electron chi connectivity index (χ1n) is 9.98. The number of nitrogens with zero attached hydrogens (tertiary/aromatic N) is 3. The zero-order chi connectivity index (χ0) is 21.3. The van der Waals surface area contributed by atoms with Crippen LogP contribution in [0.4, 0.5) is 0 Å². The maximum Gasteiger partial charge on any atom is 0.220 e. The van der Waals surface area contributed by atoms with Gasteiger partial charge in [-0.25, -0.2) is 0 Å². The van der Waals surface area contributed by atoms with Crippen LogP contribution in [-0.4, -0.2) is 20.8 Å². The Morgan fingerprint density at radius 2 is 2.17 bits per heavy atom. The van der Waals surface area contributed by atoms with E-state index in [4.69, 9.17) is 27.7 Å². The molecule has 1 aliphatic carbocycles. The summed E-state index contributed by atoms with van der Waals surface area (Å²) in [5, 5.41) is 12.5. The smallest absolute Gasteiger partial charge is 0.220 e. The van der Waals surface area contributed by atoms with E-state index in [1.165, 1.54) is 5.69 Å². The molecule has 0 saturated carbocycles. The van der Waals surface area contributed by atoms with Crippen molar-refractivity contribution in [1.29, 1.82) is 0 Å². The molecule has 0 spiro atoms. The van der Waals surface area contributed by atoms with Gasteiger partial charge in [-0.1, -0.05) is 54.3 Å². The summed E-state index contributed by atoms with van der Waals surface area (Å²) in [7, 11) is 0. The van der Waals surface area contributed by atoms with Crippen LogP contribution in [0.3, 0.4) is 0 Å². The van der Waals surface area contributed by atoms with Crippen LogP contribution in [0.15, 0.2) is 41.1 Å². The van der Waals surface area contributed by atoms with Crippen LogP contribution in [-0.2, 0) is 24.2 Å². The Labute approximate surface area is 185 Å². The molecule has 0 aliphatic heterocycles. The molecule has 0 radical (unpaired) electrons. The summed E-state index contributed by atoms with van der Waals surface area (Å²) >= 11 is 11.9. The Hall–Kier alpha value is -2.31. The second kappa shape index (κ2) is 8.44. The molecule has 1 atom stereocenters. The van der Waals surface area contributed by atoms with Crippen LogP contribution in [0.1, 0.15) is 55.3 Å². The van der Waals surface area contributed by atoms with Crippen molar-refractivity contribution < 1.29 is 9.32 Å². The topological polar surface area (TPSA) is 73.0 Å². The predicted octanol–water partition coefficient (Wildman–Crippen LogP) is 4.99. The largest absolute Gasteiger partial charge is 0.360 e. The molecule has 8 heteroatoms. The molecule has 1 amide bonds. The molecule has 6 nitrogen and oxygen atoms in total. The van der Waals surface area contributed by atoms with E-state index in [9.17, 15) is 4.79 Å². The quantitative estimate of drug-likeness (QED) is 0.578. The summed E-state index contributed by atoms with van der Waals surface area (Å²) in [6, 6.07) is 9.38. The molecular formula is C22H24Cl2N4O2. The van der Waals surface area contributed by atoms with Gasteiger partial charge in [-0.2, -0.15) is 5.10 Å². The highest BCUT2D eigenvalue weighted by atomic mass is 35.5. The fourth-order valence-corrected chi connectivity index (χ4v) is 4.45. The van der Waals surface area contributed by atoms with Crippen LogP contribution in [0.2, 0.25) is 10.2 Å². The minimum Gasteiger partial charge on any atom is -0.360 e. The monoisotopic (exact) mass is 446 g/mol. The molecule has 0 unspecified atom stereocenters. The number of nitrogens with one attached hydrogen (secondary N) is 1. The van der Waals surface area contributed by atoms with Gasteiger partial charge in [0, 0.05) is 35.2 Å². The first kappa shape index (κ1) is 20.9. The second-order valence-electron chi connectivity index (χ2n) is 8.62. The number of aryl methyl sites for hydroxylation is 1. The lowest BCUT2D eigenvalue weighted by Gasteiger charge is -2.36. The molecule has 158 valence electrons. The van der Waals surface area contributed by atoms with Crippen LogP contribution in [0, 0.1) is 5.41 Å². The fourth-order valence-electron chi connectivity index (χ4n) is 4.08. The zero-order valence-corrected chi connectivity index (χ0v) is 18.5. The number of hydrogen-bond acceptors (Lipinski definition) is 4. The number of halogens is 2. The number of benzene rings is 1. The highest BCUT2D eigenvalue weighted by Gasteiger charge is 2.35. The number of hydrogen-bond donors (Lipinski definition) is 1. The van der Waals surface area contributed by atoms with Crippen LogP contribution >= 0.6 is 23.2 Å². The van der Waals surface area contributed by atoms with Gasteiger partial charge in [0.25, 0.3) is 0 Å². The van der Waals surface area contributed by atoms with E-state index in [0.717, 1.165) is 24.0 Å². The molecule has 2 aromatic heterocycles. The van der Waals surface area contributed by atoms with E-state index in [-0.39, 0.29) is 17.4 Å². The number of fused-ring (bicyclic) bond motifs is 1. The first-order chi connectivity index (χ1) is 14.3. The van der Waals surface area contributed by atoms with Gasteiger partial charge in [0.15, 0.2) is 5.15 Å². The van der Waals surface area contributed by atoms with E-state index in [1.807, 2.05) is 35.1 Å². The van der Waals surface area contributed by atoms with E-state index >= 15 is 0 Å². The Morgan fingerprint density at radius 1 is 1.33 bits per heavy atom. The molecule has 0 fully saturated rings. The summed E-state index contributed by atoms with van der Waals surface area (Å²) in [6.07, 6.45) is 4.43. The fraction of sp³-hybridized carbons (Fsp3) is 0.409. The van der Waals surface area contributed by atoms with E-state index < -0.39 is 0 Å². The maximum absolute atomic E-state index is 12.6. The van der Waals surface area contributed by atoms with E-state index in [0.29, 0.717) is 35.3 Å². The van der Waals surface area contributed by atoms with Crippen molar-refractivity contribution >= 4 is 29.1 Å². The summed E-state index contributed by atoms with van der Waals surface area (Å²) in [5.74, 6) is 0.577. The number of rotatable bonds is 6. The number of amides is 1. The van der Waals surface area contributed by atoms with Gasteiger partial charge >= 0.3 is 0 Å². The second-order valence-corrected chi connectivity index (χ2v) is 9.44. The molecule has 1 aromatic carbocycles. The Bertz CT molecular complexity index is 1060. The third kappa shape index (κ3) is 4.87. The van der Waals surface area contributed by atoms with Gasteiger partial charge in [0.2, 0.25) is 5.91 Å². The third-order valence-corrected chi connectivity index (χ3v) is 5.86. The third-order valence-electron chi connectivity index (χ3n) is 5.44. The van der Waals surface area contributed by atoms with Crippen LogP contribution in [0.25, 0.3) is 0 Å².